The van der Waals surface area contributed by atoms with Crippen LogP contribution in [0, 0.1) is 0 Å². The number of benzene rings is 2. The number of amides is 2. The molecule has 0 fully saturated rings. The van der Waals surface area contributed by atoms with E-state index in [2.05, 4.69) is 10.6 Å². The van der Waals surface area contributed by atoms with E-state index in [1.165, 1.54) is 6.92 Å². The van der Waals surface area contributed by atoms with Gasteiger partial charge in [0.15, 0.2) is 9.84 Å². The van der Waals surface area contributed by atoms with E-state index in [1.54, 1.807) is 48.5 Å². The van der Waals surface area contributed by atoms with E-state index in [-0.39, 0.29) is 17.6 Å². The number of anilines is 2. The van der Waals surface area contributed by atoms with Crippen LogP contribution in [-0.2, 0) is 20.4 Å². The highest BCUT2D eigenvalue weighted by Gasteiger charge is 2.10. The molecule has 24 heavy (non-hydrogen) atoms. The lowest BCUT2D eigenvalue weighted by Gasteiger charge is -2.09. The highest BCUT2D eigenvalue weighted by Crippen LogP contribution is 2.17. The van der Waals surface area contributed by atoms with Crippen LogP contribution in [0.1, 0.15) is 22.8 Å². The topological polar surface area (TPSA) is 92.3 Å². The average Bonchev–Trinajstić information content (AvgIpc) is 2.45. The SMILES string of the molecule is CC(=O)Nc1cccc(NC(=O)c2cccc(CS(C)(=O)=O)c2)c1. The third-order valence-corrected chi connectivity index (χ3v) is 3.92. The summed E-state index contributed by atoms with van der Waals surface area (Å²) in [7, 11) is -3.17. The summed E-state index contributed by atoms with van der Waals surface area (Å²) in [6.07, 6.45) is 1.15. The summed E-state index contributed by atoms with van der Waals surface area (Å²) in [5.74, 6) is -0.677. The molecular formula is C17H18N2O4S. The smallest absolute Gasteiger partial charge is 0.255 e. The van der Waals surface area contributed by atoms with Crippen molar-refractivity contribution in [2.45, 2.75) is 12.7 Å². The summed E-state index contributed by atoms with van der Waals surface area (Å²) in [5.41, 5.74) is 2.02. The lowest BCUT2D eigenvalue weighted by Crippen LogP contribution is -2.13. The molecule has 2 N–H and O–H groups in total. The molecular weight excluding hydrogens is 328 g/mol. The van der Waals surface area contributed by atoms with Crippen molar-refractivity contribution >= 4 is 33.0 Å². The minimum absolute atomic E-state index is 0.119. The molecule has 2 aromatic carbocycles. The normalized spacial score (nSPS) is 10.9. The second kappa shape index (κ2) is 7.27. The first kappa shape index (κ1) is 17.7. The molecule has 0 saturated heterocycles. The van der Waals surface area contributed by atoms with E-state index in [1.807, 2.05) is 0 Å². The van der Waals surface area contributed by atoms with E-state index in [0.717, 1.165) is 6.26 Å². The Hall–Kier alpha value is -2.67. The second-order valence-corrected chi connectivity index (χ2v) is 7.63. The van der Waals surface area contributed by atoms with Gasteiger partial charge in [-0.3, -0.25) is 9.59 Å². The van der Waals surface area contributed by atoms with Crippen LogP contribution in [0.4, 0.5) is 11.4 Å². The molecule has 0 aromatic heterocycles. The molecule has 7 heteroatoms. The van der Waals surface area contributed by atoms with Crippen LogP contribution >= 0.6 is 0 Å². The van der Waals surface area contributed by atoms with Crippen molar-refractivity contribution in [3.8, 4) is 0 Å². The van der Waals surface area contributed by atoms with Gasteiger partial charge in [-0.2, -0.15) is 0 Å². The minimum Gasteiger partial charge on any atom is -0.326 e. The molecule has 0 spiro atoms. The molecule has 0 radical (unpaired) electrons. The van der Waals surface area contributed by atoms with Crippen molar-refractivity contribution in [1.82, 2.24) is 0 Å². The van der Waals surface area contributed by atoms with Crippen LogP contribution in [0.3, 0.4) is 0 Å². The standard InChI is InChI=1S/C17H18N2O4S/c1-12(20)18-15-7-4-8-16(10-15)19-17(21)14-6-3-5-13(9-14)11-24(2,22)23/h3-10H,11H2,1-2H3,(H,18,20)(H,19,21). The molecule has 0 saturated carbocycles. The van der Waals surface area contributed by atoms with Gasteiger partial charge in [0.2, 0.25) is 5.91 Å². The van der Waals surface area contributed by atoms with E-state index < -0.39 is 9.84 Å². The van der Waals surface area contributed by atoms with Gasteiger partial charge in [-0.15, -0.1) is 0 Å². The van der Waals surface area contributed by atoms with Crippen LogP contribution < -0.4 is 10.6 Å². The Bertz CT molecular complexity index is 876. The fourth-order valence-corrected chi connectivity index (χ4v) is 2.97. The molecule has 2 rings (SSSR count). The van der Waals surface area contributed by atoms with Gasteiger partial charge in [0.25, 0.3) is 5.91 Å². The van der Waals surface area contributed by atoms with Crippen LogP contribution in [0.25, 0.3) is 0 Å². The number of carbonyl (C=O) groups excluding carboxylic acids is 2. The predicted octanol–water partition coefficient (Wildman–Crippen LogP) is 2.44. The molecule has 0 aliphatic heterocycles. The van der Waals surface area contributed by atoms with Crippen LogP contribution in [-0.4, -0.2) is 26.5 Å². The second-order valence-electron chi connectivity index (χ2n) is 5.49. The Morgan fingerprint density at radius 2 is 1.58 bits per heavy atom. The summed E-state index contributed by atoms with van der Waals surface area (Å²) in [6, 6.07) is 13.2. The highest BCUT2D eigenvalue weighted by atomic mass is 32.2. The predicted molar refractivity (Wildman–Crippen MR) is 93.7 cm³/mol. The molecule has 6 nitrogen and oxygen atoms in total. The Morgan fingerprint density at radius 3 is 2.21 bits per heavy atom. The van der Waals surface area contributed by atoms with Crippen molar-refractivity contribution in [2.24, 2.45) is 0 Å². The molecule has 2 aromatic rings. The number of sulfone groups is 1. The molecule has 0 atom stereocenters. The maximum Gasteiger partial charge on any atom is 0.255 e. The molecule has 2 amide bonds. The first-order valence-electron chi connectivity index (χ1n) is 7.18. The van der Waals surface area contributed by atoms with Gasteiger partial charge in [0.1, 0.15) is 0 Å². The van der Waals surface area contributed by atoms with Gasteiger partial charge < -0.3 is 10.6 Å². The molecule has 0 bridgehead atoms. The average molecular weight is 346 g/mol. The maximum atomic E-state index is 12.3. The first-order valence-corrected chi connectivity index (χ1v) is 9.25. The third-order valence-electron chi connectivity index (χ3n) is 3.06. The highest BCUT2D eigenvalue weighted by molar-refractivity contribution is 7.89. The fraction of sp³-hybridized carbons (Fsp3) is 0.176. The number of nitrogens with one attached hydrogen (secondary N) is 2. The van der Waals surface area contributed by atoms with Crippen molar-refractivity contribution in [3.63, 3.8) is 0 Å². The Labute approximate surface area is 140 Å². The Morgan fingerprint density at radius 1 is 0.958 bits per heavy atom. The summed E-state index contributed by atoms with van der Waals surface area (Å²) < 4.78 is 22.7. The van der Waals surface area contributed by atoms with E-state index in [4.69, 9.17) is 0 Å². The van der Waals surface area contributed by atoms with Gasteiger partial charge in [-0.1, -0.05) is 18.2 Å². The van der Waals surface area contributed by atoms with Crippen molar-refractivity contribution in [3.05, 3.63) is 59.7 Å². The van der Waals surface area contributed by atoms with Gasteiger partial charge in [0, 0.05) is 30.1 Å². The number of rotatable bonds is 5. The van der Waals surface area contributed by atoms with Gasteiger partial charge in [0.05, 0.1) is 5.75 Å². The van der Waals surface area contributed by atoms with Crippen LogP contribution in [0.2, 0.25) is 0 Å². The fourth-order valence-electron chi connectivity index (χ4n) is 2.19. The Balaban J connectivity index is 2.15. The monoisotopic (exact) mass is 346 g/mol. The van der Waals surface area contributed by atoms with Crippen molar-refractivity contribution in [1.29, 1.82) is 0 Å². The lowest BCUT2D eigenvalue weighted by molar-refractivity contribution is -0.114. The van der Waals surface area contributed by atoms with Crippen molar-refractivity contribution < 1.29 is 18.0 Å². The molecule has 0 heterocycles. The molecule has 0 aliphatic rings. The zero-order chi connectivity index (χ0) is 17.7. The van der Waals surface area contributed by atoms with E-state index in [0.29, 0.717) is 22.5 Å². The summed E-state index contributed by atoms with van der Waals surface area (Å²) in [6.45, 7) is 1.40. The summed E-state index contributed by atoms with van der Waals surface area (Å²) in [4.78, 5) is 23.4. The number of carbonyl (C=O) groups is 2. The minimum atomic E-state index is -3.17. The molecule has 0 unspecified atom stereocenters. The summed E-state index contributed by atoms with van der Waals surface area (Å²) >= 11 is 0. The third kappa shape index (κ3) is 5.51. The van der Waals surface area contributed by atoms with Crippen molar-refractivity contribution in [2.75, 3.05) is 16.9 Å². The van der Waals surface area contributed by atoms with Gasteiger partial charge in [-0.25, -0.2) is 8.42 Å². The first-order chi connectivity index (χ1) is 11.2. The molecule has 0 aliphatic carbocycles. The number of hydrogen-bond acceptors (Lipinski definition) is 4. The zero-order valence-electron chi connectivity index (χ0n) is 13.4. The largest absolute Gasteiger partial charge is 0.326 e. The summed E-state index contributed by atoms with van der Waals surface area (Å²) in [5, 5.41) is 5.36. The van der Waals surface area contributed by atoms with Crippen LogP contribution in [0.5, 0.6) is 0 Å². The quantitative estimate of drug-likeness (QED) is 0.870. The van der Waals surface area contributed by atoms with E-state index >= 15 is 0 Å². The lowest BCUT2D eigenvalue weighted by atomic mass is 10.1. The zero-order valence-corrected chi connectivity index (χ0v) is 14.2. The van der Waals surface area contributed by atoms with E-state index in [9.17, 15) is 18.0 Å². The molecule has 126 valence electrons. The van der Waals surface area contributed by atoms with Gasteiger partial charge in [-0.05, 0) is 35.9 Å². The Kier molecular flexibility index (Phi) is 5.35. The van der Waals surface area contributed by atoms with Crippen LogP contribution in [0.15, 0.2) is 48.5 Å². The van der Waals surface area contributed by atoms with Gasteiger partial charge >= 0.3 is 0 Å². The number of hydrogen-bond donors (Lipinski definition) is 2. The maximum absolute atomic E-state index is 12.3.